The van der Waals surface area contributed by atoms with Crippen molar-refractivity contribution in [2.75, 3.05) is 25.6 Å². The van der Waals surface area contributed by atoms with Crippen molar-refractivity contribution in [2.45, 2.75) is 13.0 Å². The van der Waals surface area contributed by atoms with Crippen molar-refractivity contribution < 1.29 is 9.53 Å². The second-order valence-electron chi connectivity index (χ2n) is 4.74. The van der Waals surface area contributed by atoms with Gasteiger partial charge in [-0.2, -0.15) is 0 Å². The summed E-state index contributed by atoms with van der Waals surface area (Å²) in [6.45, 7) is 1.80. The molecule has 0 bridgehead atoms. The van der Waals surface area contributed by atoms with Gasteiger partial charge in [0, 0.05) is 38.9 Å². The van der Waals surface area contributed by atoms with E-state index in [1.807, 2.05) is 18.2 Å². The van der Waals surface area contributed by atoms with Gasteiger partial charge in [-0.25, -0.2) is 0 Å². The second kappa shape index (κ2) is 8.74. The Bertz CT molecular complexity index is 590. The number of pyridine rings is 2. The number of amides is 1. The molecule has 6 heteroatoms. The molecular formula is C16H20N4O2. The van der Waals surface area contributed by atoms with E-state index in [9.17, 15) is 4.79 Å². The van der Waals surface area contributed by atoms with Crippen LogP contribution in [0.2, 0.25) is 0 Å². The first-order valence-electron chi connectivity index (χ1n) is 7.15. The highest BCUT2D eigenvalue weighted by Gasteiger charge is 2.06. The van der Waals surface area contributed by atoms with E-state index < -0.39 is 0 Å². The second-order valence-corrected chi connectivity index (χ2v) is 4.74. The number of hydrogen-bond acceptors (Lipinski definition) is 5. The number of anilines is 1. The molecule has 0 saturated carbocycles. The fourth-order valence-corrected chi connectivity index (χ4v) is 1.88. The normalized spacial score (nSPS) is 10.2. The van der Waals surface area contributed by atoms with Gasteiger partial charge in [0.15, 0.2) is 0 Å². The first-order valence-corrected chi connectivity index (χ1v) is 7.15. The molecule has 2 rings (SSSR count). The van der Waals surface area contributed by atoms with E-state index in [1.54, 1.807) is 31.8 Å². The lowest BCUT2D eigenvalue weighted by molar-refractivity contribution is 0.0948. The number of nitrogens with one attached hydrogen (secondary N) is 2. The Morgan fingerprint density at radius 2 is 2.23 bits per heavy atom. The first kappa shape index (κ1) is 15.9. The number of methoxy groups -OCH3 is 1. The van der Waals surface area contributed by atoms with Gasteiger partial charge in [-0.15, -0.1) is 0 Å². The molecule has 0 aliphatic rings. The SMILES string of the molecule is COCCCNC(=O)c1cncc(NCc2ccccn2)c1. The van der Waals surface area contributed by atoms with Crippen molar-refractivity contribution in [3.63, 3.8) is 0 Å². The van der Waals surface area contributed by atoms with E-state index in [0.717, 1.165) is 17.8 Å². The van der Waals surface area contributed by atoms with E-state index in [4.69, 9.17) is 4.74 Å². The minimum absolute atomic E-state index is 0.134. The minimum Gasteiger partial charge on any atom is -0.385 e. The average molecular weight is 300 g/mol. The Morgan fingerprint density at radius 1 is 1.32 bits per heavy atom. The molecule has 0 radical (unpaired) electrons. The number of aromatic nitrogens is 2. The van der Waals surface area contributed by atoms with Gasteiger partial charge < -0.3 is 15.4 Å². The number of ether oxygens (including phenoxy) is 1. The average Bonchev–Trinajstić information content (AvgIpc) is 2.58. The van der Waals surface area contributed by atoms with Crippen LogP contribution in [0, 0.1) is 0 Å². The molecule has 0 unspecified atom stereocenters. The highest BCUT2D eigenvalue weighted by molar-refractivity contribution is 5.94. The highest BCUT2D eigenvalue weighted by Crippen LogP contribution is 2.09. The van der Waals surface area contributed by atoms with Crippen LogP contribution in [0.3, 0.4) is 0 Å². The lowest BCUT2D eigenvalue weighted by Gasteiger charge is -2.08. The van der Waals surface area contributed by atoms with Crippen molar-refractivity contribution in [3.05, 3.63) is 54.1 Å². The molecule has 1 amide bonds. The maximum absolute atomic E-state index is 12.0. The van der Waals surface area contributed by atoms with E-state index >= 15 is 0 Å². The molecule has 0 aliphatic heterocycles. The predicted molar refractivity (Wildman–Crippen MR) is 84.6 cm³/mol. The van der Waals surface area contributed by atoms with Gasteiger partial charge in [0.1, 0.15) is 0 Å². The van der Waals surface area contributed by atoms with Gasteiger partial charge in [-0.3, -0.25) is 14.8 Å². The zero-order valence-electron chi connectivity index (χ0n) is 12.6. The van der Waals surface area contributed by atoms with Crippen molar-refractivity contribution in [2.24, 2.45) is 0 Å². The molecule has 2 aromatic rings. The van der Waals surface area contributed by atoms with E-state index in [-0.39, 0.29) is 5.91 Å². The first-order chi connectivity index (χ1) is 10.8. The Hall–Kier alpha value is -2.47. The quantitative estimate of drug-likeness (QED) is 0.728. The summed E-state index contributed by atoms with van der Waals surface area (Å²) >= 11 is 0. The predicted octanol–water partition coefficient (Wildman–Crippen LogP) is 1.85. The van der Waals surface area contributed by atoms with E-state index in [0.29, 0.717) is 25.3 Å². The van der Waals surface area contributed by atoms with E-state index in [2.05, 4.69) is 20.6 Å². The van der Waals surface area contributed by atoms with E-state index in [1.165, 1.54) is 0 Å². The van der Waals surface area contributed by atoms with Gasteiger partial charge in [0.25, 0.3) is 5.91 Å². The van der Waals surface area contributed by atoms with Gasteiger partial charge >= 0.3 is 0 Å². The van der Waals surface area contributed by atoms with Crippen LogP contribution >= 0.6 is 0 Å². The molecule has 116 valence electrons. The molecular weight excluding hydrogens is 280 g/mol. The summed E-state index contributed by atoms with van der Waals surface area (Å²) in [5.41, 5.74) is 2.25. The minimum atomic E-state index is -0.134. The van der Waals surface area contributed by atoms with Crippen LogP contribution in [0.15, 0.2) is 42.9 Å². The van der Waals surface area contributed by atoms with Crippen LogP contribution in [-0.2, 0) is 11.3 Å². The standard InChI is InChI=1S/C16H20N4O2/c1-22-8-4-7-19-16(21)13-9-15(11-17-10-13)20-12-14-5-2-3-6-18-14/h2-3,5-6,9-11,20H,4,7-8,12H2,1H3,(H,19,21). The van der Waals surface area contributed by atoms with Gasteiger partial charge in [0.05, 0.1) is 23.5 Å². The topological polar surface area (TPSA) is 76.1 Å². The third kappa shape index (κ3) is 5.14. The Labute approximate surface area is 129 Å². The fraction of sp³-hybridized carbons (Fsp3) is 0.312. The monoisotopic (exact) mass is 300 g/mol. The molecule has 2 N–H and O–H groups in total. The molecule has 2 heterocycles. The lowest BCUT2D eigenvalue weighted by atomic mass is 10.2. The van der Waals surface area contributed by atoms with Crippen LogP contribution in [0.5, 0.6) is 0 Å². The lowest BCUT2D eigenvalue weighted by Crippen LogP contribution is -2.25. The van der Waals surface area contributed by atoms with Crippen molar-refractivity contribution >= 4 is 11.6 Å². The molecule has 0 spiro atoms. The summed E-state index contributed by atoms with van der Waals surface area (Å²) in [5, 5.41) is 6.04. The Morgan fingerprint density at radius 3 is 3.00 bits per heavy atom. The van der Waals surface area contributed by atoms with Crippen LogP contribution in [-0.4, -0.2) is 36.1 Å². The molecule has 2 aromatic heterocycles. The zero-order chi connectivity index (χ0) is 15.6. The Balaban J connectivity index is 1.87. The number of hydrogen-bond donors (Lipinski definition) is 2. The molecule has 0 aliphatic carbocycles. The maximum Gasteiger partial charge on any atom is 0.252 e. The summed E-state index contributed by atoms with van der Waals surface area (Å²) in [4.78, 5) is 20.3. The van der Waals surface area contributed by atoms with Crippen LogP contribution in [0.4, 0.5) is 5.69 Å². The number of carbonyl (C=O) groups excluding carboxylic acids is 1. The zero-order valence-corrected chi connectivity index (χ0v) is 12.6. The van der Waals surface area contributed by atoms with Gasteiger partial charge in [-0.05, 0) is 24.6 Å². The summed E-state index contributed by atoms with van der Waals surface area (Å²) < 4.78 is 4.94. The van der Waals surface area contributed by atoms with Crippen LogP contribution in [0.1, 0.15) is 22.5 Å². The largest absolute Gasteiger partial charge is 0.385 e. The molecule has 22 heavy (non-hydrogen) atoms. The summed E-state index contributed by atoms with van der Waals surface area (Å²) in [5.74, 6) is -0.134. The van der Waals surface area contributed by atoms with Crippen LogP contribution < -0.4 is 10.6 Å². The Kier molecular flexibility index (Phi) is 6.32. The molecule has 6 nitrogen and oxygen atoms in total. The van der Waals surface area contributed by atoms with Crippen molar-refractivity contribution in [3.8, 4) is 0 Å². The van der Waals surface area contributed by atoms with Gasteiger partial charge in [0.2, 0.25) is 0 Å². The fourth-order valence-electron chi connectivity index (χ4n) is 1.88. The van der Waals surface area contributed by atoms with Crippen molar-refractivity contribution in [1.82, 2.24) is 15.3 Å². The number of carbonyl (C=O) groups is 1. The number of rotatable bonds is 8. The molecule has 0 saturated heterocycles. The smallest absolute Gasteiger partial charge is 0.252 e. The third-order valence-corrected chi connectivity index (χ3v) is 3.01. The summed E-state index contributed by atoms with van der Waals surface area (Å²) in [7, 11) is 1.64. The van der Waals surface area contributed by atoms with Gasteiger partial charge in [-0.1, -0.05) is 6.07 Å². The highest BCUT2D eigenvalue weighted by atomic mass is 16.5. The molecule has 0 aromatic carbocycles. The molecule has 0 atom stereocenters. The third-order valence-electron chi connectivity index (χ3n) is 3.01. The van der Waals surface area contributed by atoms with Crippen molar-refractivity contribution in [1.29, 1.82) is 0 Å². The summed E-state index contributed by atoms with van der Waals surface area (Å²) in [6, 6.07) is 7.53. The summed E-state index contributed by atoms with van der Waals surface area (Å²) in [6.07, 6.45) is 5.77. The maximum atomic E-state index is 12.0. The molecule has 0 fully saturated rings. The van der Waals surface area contributed by atoms with Crippen LogP contribution in [0.25, 0.3) is 0 Å². The number of nitrogens with zero attached hydrogens (tertiary/aromatic N) is 2.